The Hall–Kier alpha value is -4.64. The Labute approximate surface area is 230 Å². The monoisotopic (exact) mass is 535 g/mol. The maximum Gasteiger partial charge on any atom is 0.247 e. The van der Waals surface area contributed by atoms with Crippen LogP contribution in [0.2, 0.25) is 0 Å². The molecule has 11 nitrogen and oxygen atoms in total. The fourth-order valence-electron chi connectivity index (χ4n) is 5.95. The van der Waals surface area contributed by atoms with E-state index >= 15 is 0 Å². The molecule has 0 amide bonds. The molecule has 7 heterocycles. The lowest BCUT2D eigenvalue weighted by Gasteiger charge is -2.60. The molecule has 0 radical (unpaired) electrons. The van der Waals surface area contributed by atoms with Gasteiger partial charge in [-0.25, -0.2) is 24.9 Å². The number of nitrogen functional groups attached to an aromatic ring is 1. The van der Waals surface area contributed by atoms with E-state index in [9.17, 15) is 4.79 Å². The Morgan fingerprint density at radius 1 is 1.05 bits per heavy atom. The van der Waals surface area contributed by atoms with E-state index in [4.69, 9.17) is 20.1 Å². The van der Waals surface area contributed by atoms with E-state index in [1.807, 2.05) is 47.9 Å². The van der Waals surface area contributed by atoms with Gasteiger partial charge in [-0.05, 0) is 44.7 Å². The fourth-order valence-corrected chi connectivity index (χ4v) is 5.95. The first kappa shape index (κ1) is 24.4. The Balaban J connectivity index is 1.14. The number of imidazole rings is 1. The van der Waals surface area contributed by atoms with Gasteiger partial charge in [-0.2, -0.15) is 0 Å². The van der Waals surface area contributed by atoms with Crippen LogP contribution in [-0.2, 0) is 6.42 Å². The van der Waals surface area contributed by atoms with Crippen LogP contribution >= 0.6 is 0 Å². The molecule has 2 fully saturated rings. The summed E-state index contributed by atoms with van der Waals surface area (Å²) >= 11 is 0. The van der Waals surface area contributed by atoms with Crippen molar-refractivity contribution in [3.8, 4) is 22.8 Å². The Bertz CT molecular complexity index is 1730. The molecular weight excluding hydrogens is 506 g/mol. The molecule has 0 unspecified atom stereocenters. The Kier molecular flexibility index (Phi) is 5.63. The summed E-state index contributed by atoms with van der Waals surface area (Å²) in [7, 11) is 2.16. The van der Waals surface area contributed by atoms with Crippen molar-refractivity contribution in [2.45, 2.75) is 19.8 Å². The number of carbonyl (C=O) groups is 1. The number of likely N-dealkylation sites (tertiary alicyclic amines) is 1. The molecule has 40 heavy (non-hydrogen) atoms. The largest absolute Gasteiger partial charge is 0.443 e. The predicted octanol–water partition coefficient (Wildman–Crippen LogP) is 3.30. The van der Waals surface area contributed by atoms with Crippen molar-refractivity contribution in [2.75, 3.05) is 43.9 Å². The second-order valence-corrected chi connectivity index (χ2v) is 11.0. The zero-order valence-corrected chi connectivity index (χ0v) is 22.4. The average Bonchev–Trinajstić information content (AvgIpc) is 3.59. The zero-order valence-electron chi connectivity index (χ0n) is 22.4. The van der Waals surface area contributed by atoms with Gasteiger partial charge in [0.2, 0.25) is 5.89 Å². The minimum atomic E-state index is -0.197. The van der Waals surface area contributed by atoms with Gasteiger partial charge in [0.25, 0.3) is 0 Å². The van der Waals surface area contributed by atoms with Gasteiger partial charge < -0.3 is 24.4 Å². The third-order valence-electron chi connectivity index (χ3n) is 7.77. The highest BCUT2D eigenvalue weighted by atomic mass is 16.3. The van der Waals surface area contributed by atoms with Crippen LogP contribution in [0, 0.1) is 12.3 Å². The lowest BCUT2D eigenvalue weighted by Crippen LogP contribution is -2.71. The zero-order chi connectivity index (χ0) is 27.4. The number of hydrogen-bond acceptors (Lipinski definition) is 10. The van der Waals surface area contributed by atoms with Crippen molar-refractivity contribution in [1.82, 2.24) is 34.2 Å². The van der Waals surface area contributed by atoms with E-state index < -0.39 is 0 Å². The highest BCUT2D eigenvalue weighted by Crippen LogP contribution is 2.40. The summed E-state index contributed by atoms with van der Waals surface area (Å²) in [4.78, 5) is 40.8. The van der Waals surface area contributed by atoms with Crippen LogP contribution in [0.15, 0.2) is 59.6 Å². The van der Waals surface area contributed by atoms with E-state index in [-0.39, 0.29) is 29.6 Å². The normalized spacial score (nSPS) is 16.3. The molecule has 5 aromatic rings. The third kappa shape index (κ3) is 4.19. The number of nitrogens with zero attached hydrogens (tertiary/aromatic N) is 8. The summed E-state index contributed by atoms with van der Waals surface area (Å²) in [6.45, 7) is 6.32. The molecule has 2 saturated heterocycles. The molecule has 2 N–H and O–H groups in total. The van der Waals surface area contributed by atoms with Gasteiger partial charge in [0, 0.05) is 67.4 Å². The summed E-state index contributed by atoms with van der Waals surface area (Å²) in [5.41, 5.74) is 11.0. The number of nitrogens with two attached hydrogens (primary N) is 1. The highest BCUT2D eigenvalue weighted by molar-refractivity contribution is 5.99. The van der Waals surface area contributed by atoms with Crippen LogP contribution in [0.5, 0.6) is 0 Å². The number of hydrogen-bond donors (Lipinski definition) is 1. The number of pyridine rings is 2. The molecule has 2 aliphatic rings. The number of oxazole rings is 1. The molecule has 0 aliphatic carbocycles. The number of Topliss-reactive ketones (excluding diaryl/α,β-unsaturated/α-hetero) is 1. The van der Waals surface area contributed by atoms with Gasteiger partial charge >= 0.3 is 0 Å². The fraction of sp³-hybridized carbons (Fsp3) is 0.310. The number of ketones is 1. The molecule has 2 aliphatic heterocycles. The van der Waals surface area contributed by atoms with Crippen LogP contribution in [0.3, 0.4) is 0 Å². The van der Waals surface area contributed by atoms with Gasteiger partial charge in [-0.1, -0.05) is 6.07 Å². The minimum Gasteiger partial charge on any atom is -0.443 e. The number of aromatic nitrogens is 6. The van der Waals surface area contributed by atoms with Gasteiger partial charge in [0.05, 0.1) is 6.20 Å². The average molecular weight is 536 g/mol. The summed E-state index contributed by atoms with van der Waals surface area (Å²) in [5.74, 6) is 1.09. The third-order valence-corrected chi connectivity index (χ3v) is 7.77. The van der Waals surface area contributed by atoms with E-state index in [2.05, 4.69) is 31.8 Å². The van der Waals surface area contributed by atoms with Crippen molar-refractivity contribution < 1.29 is 9.21 Å². The van der Waals surface area contributed by atoms with E-state index in [1.165, 1.54) is 12.5 Å². The van der Waals surface area contributed by atoms with Gasteiger partial charge in [-0.15, -0.1) is 0 Å². The molecule has 7 rings (SSSR count). The standard InChI is InChI=1S/C29H29N9O2/c1-18-12-32-22-9-6-19(13-38(18)22)24-26(28-31-10-11-40-28)35-27(30)25(34-24)21(39)8-7-20-4-3-5-23(33-20)37-16-29(17-37)14-36(2)15-29/h3-6,9-13H,7-8,14-17H2,1-2H3,(H2,30,35). The van der Waals surface area contributed by atoms with E-state index in [0.29, 0.717) is 23.2 Å². The first-order valence-electron chi connectivity index (χ1n) is 13.3. The van der Waals surface area contributed by atoms with Crippen LogP contribution in [-0.4, -0.2) is 73.2 Å². The molecule has 0 atom stereocenters. The van der Waals surface area contributed by atoms with Crippen LogP contribution < -0.4 is 10.6 Å². The molecular formula is C29H29N9O2. The number of carbonyl (C=O) groups excluding carboxylic acids is 1. The van der Waals surface area contributed by atoms with Crippen LogP contribution in [0.4, 0.5) is 11.6 Å². The SMILES string of the molecule is Cc1cnc2ccc(-c3nc(C(=O)CCc4cccc(N5CC6(CN(C)C6)C5)n4)c(N)nc3-c3ncco3)cn12. The molecule has 0 aromatic carbocycles. The van der Waals surface area contributed by atoms with Crippen molar-refractivity contribution in [2.24, 2.45) is 5.41 Å². The summed E-state index contributed by atoms with van der Waals surface area (Å²) in [6.07, 6.45) is 7.40. The summed E-state index contributed by atoms with van der Waals surface area (Å²) in [5, 5.41) is 0. The van der Waals surface area contributed by atoms with Crippen LogP contribution in [0.25, 0.3) is 28.5 Å². The van der Waals surface area contributed by atoms with Crippen molar-refractivity contribution >= 4 is 23.1 Å². The molecule has 1 spiro atoms. The number of fused-ring (bicyclic) bond motifs is 1. The second-order valence-electron chi connectivity index (χ2n) is 11.0. The maximum atomic E-state index is 13.4. The minimum absolute atomic E-state index is 0.0416. The summed E-state index contributed by atoms with van der Waals surface area (Å²) < 4.78 is 7.48. The molecule has 0 bridgehead atoms. The van der Waals surface area contributed by atoms with Crippen molar-refractivity contribution in [1.29, 1.82) is 0 Å². The van der Waals surface area contributed by atoms with Crippen molar-refractivity contribution in [3.63, 3.8) is 0 Å². The Morgan fingerprint density at radius 3 is 2.67 bits per heavy atom. The molecule has 0 saturated carbocycles. The molecule has 5 aromatic heterocycles. The number of rotatable bonds is 7. The van der Waals surface area contributed by atoms with E-state index in [0.717, 1.165) is 54.6 Å². The van der Waals surface area contributed by atoms with Gasteiger partial charge in [0.1, 0.15) is 29.1 Å². The first-order valence-corrected chi connectivity index (χ1v) is 13.3. The predicted molar refractivity (Wildman–Crippen MR) is 150 cm³/mol. The van der Waals surface area contributed by atoms with Crippen molar-refractivity contribution in [3.05, 3.63) is 72.3 Å². The number of anilines is 2. The second kappa shape index (κ2) is 9.23. The maximum absolute atomic E-state index is 13.4. The van der Waals surface area contributed by atoms with Gasteiger partial charge in [0.15, 0.2) is 17.3 Å². The Morgan fingerprint density at radius 2 is 1.90 bits per heavy atom. The first-order chi connectivity index (χ1) is 19.4. The van der Waals surface area contributed by atoms with Crippen LogP contribution in [0.1, 0.15) is 28.3 Å². The smallest absolute Gasteiger partial charge is 0.247 e. The van der Waals surface area contributed by atoms with Gasteiger partial charge in [-0.3, -0.25) is 4.79 Å². The lowest BCUT2D eigenvalue weighted by molar-refractivity contribution is -0.00281. The number of aryl methyl sites for hydroxylation is 2. The highest BCUT2D eigenvalue weighted by Gasteiger charge is 2.50. The quantitative estimate of drug-likeness (QED) is 0.310. The lowest BCUT2D eigenvalue weighted by atomic mass is 9.73. The molecule has 202 valence electrons. The van der Waals surface area contributed by atoms with E-state index in [1.54, 1.807) is 6.20 Å². The molecule has 11 heteroatoms. The topological polar surface area (TPSA) is 132 Å². The summed E-state index contributed by atoms with van der Waals surface area (Å²) in [6, 6.07) is 9.78.